The van der Waals surface area contributed by atoms with Crippen molar-refractivity contribution < 1.29 is 38.0 Å². The first kappa shape index (κ1) is 26.0. The molecule has 2 aromatic carbocycles. The zero-order chi connectivity index (χ0) is 25.1. The van der Waals surface area contributed by atoms with E-state index in [1.54, 1.807) is 6.07 Å². The minimum atomic E-state index is -0.684. The van der Waals surface area contributed by atoms with Crippen LogP contribution in [0.4, 0.5) is 0 Å². The number of amides is 1. The van der Waals surface area contributed by atoms with Gasteiger partial charge in [0.1, 0.15) is 11.6 Å². The van der Waals surface area contributed by atoms with Crippen LogP contribution in [0, 0.1) is 11.3 Å². The van der Waals surface area contributed by atoms with Crippen LogP contribution in [-0.2, 0) is 9.53 Å². The predicted molar refractivity (Wildman–Crippen MR) is 123 cm³/mol. The Kier molecular flexibility index (Phi) is 9.73. The zero-order valence-electron chi connectivity index (χ0n) is 19.6. The Hall–Kier alpha value is -4.23. The maximum absolute atomic E-state index is 12.8. The normalized spacial score (nSPS) is 10.6. The average molecular weight is 470 g/mol. The molecule has 0 aromatic heterocycles. The monoisotopic (exact) mass is 470 g/mol. The number of esters is 1. The molecule has 0 heterocycles. The summed E-state index contributed by atoms with van der Waals surface area (Å²) < 4.78 is 31.5. The van der Waals surface area contributed by atoms with Crippen molar-refractivity contribution in [3.8, 4) is 34.8 Å². The van der Waals surface area contributed by atoms with E-state index in [1.165, 1.54) is 65.9 Å². The third kappa shape index (κ3) is 6.40. The molecular formula is C24H26N2O8. The highest BCUT2D eigenvalue weighted by atomic mass is 16.6. The fraction of sp³-hybridized carbons (Fsp3) is 0.292. The molecular weight excluding hydrogens is 444 g/mol. The van der Waals surface area contributed by atoms with E-state index < -0.39 is 11.9 Å². The highest BCUT2D eigenvalue weighted by Crippen LogP contribution is 2.39. The van der Waals surface area contributed by atoms with Gasteiger partial charge in [-0.15, -0.1) is 0 Å². The van der Waals surface area contributed by atoms with Crippen LogP contribution >= 0.6 is 0 Å². The van der Waals surface area contributed by atoms with Crippen LogP contribution < -0.4 is 29.0 Å². The second kappa shape index (κ2) is 12.7. The molecule has 0 saturated heterocycles. The van der Waals surface area contributed by atoms with Crippen molar-refractivity contribution in [1.29, 1.82) is 5.26 Å². The van der Waals surface area contributed by atoms with E-state index in [2.05, 4.69) is 5.32 Å². The molecule has 0 spiro atoms. The van der Waals surface area contributed by atoms with Gasteiger partial charge in [-0.3, -0.25) is 4.79 Å². The number of ether oxygens (including phenoxy) is 6. The second-order valence-electron chi connectivity index (χ2n) is 6.63. The number of nitrogens with one attached hydrogen (secondary N) is 1. The van der Waals surface area contributed by atoms with Gasteiger partial charge in [0, 0.05) is 13.7 Å². The van der Waals surface area contributed by atoms with Gasteiger partial charge in [0.25, 0.3) is 5.91 Å². The molecule has 0 atom stereocenters. The number of hydrogen-bond acceptors (Lipinski definition) is 9. The summed E-state index contributed by atoms with van der Waals surface area (Å²) in [6.45, 7) is 0.595. The molecule has 10 nitrogen and oxygen atoms in total. The number of carbonyl (C=O) groups excluding carboxylic acids is 2. The Morgan fingerprint density at radius 2 is 1.56 bits per heavy atom. The molecule has 2 rings (SSSR count). The molecule has 0 bridgehead atoms. The van der Waals surface area contributed by atoms with E-state index in [9.17, 15) is 14.9 Å². The van der Waals surface area contributed by atoms with E-state index in [0.29, 0.717) is 29.4 Å². The van der Waals surface area contributed by atoms with Crippen molar-refractivity contribution in [3.63, 3.8) is 0 Å². The first-order chi connectivity index (χ1) is 16.4. The standard InChI is InChI=1S/C24H26N2O8/c1-29-9-8-26-23(27)17(14-25)10-15-6-7-18(19(11-15)30-2)34-24(28)16-12-20(31-3)22(33-5)21(13-16)32-4/h6-7,10-13H,8-9H2,1-5H3,(H,26,27)/b17-10+. The average Bonchev–Trinajstić information content (AvgIpc) is 2.86. The van der Waals surface area contributed by atoms with Crippen molar-refractivity contribution in [2.75, 3.05) is 48.7 Å². The number of benzene rings is 2. The fourth-order valence-electron chi connectivity index (χ4n) is 2.89. The lowest BCUT2D eigenvalue weighted by molar-refractivity contribution is -0.117. The quantitative estimate of drug-likeness (QED) is 0.173. The van der Waals surface area contributed by atoms with E-state index in [4.69, 9.17) is 28.4 Å². The summed E-state index contributed by atoms with van der Waals surface area (Å²) in [5.41, 5.74) is 0.572. The summed E-state index contributed by atoms with van der Waals surface area (Å²) in [7, 11) is 7.25. The topological polar surface area (TPSA) is 125 Å². The van der Waals surface area contributed by atoms with Crippen molar-refractivity contribution in [2.24, 2.45) is 0 Å². The summed E-state index contributed by atoms with van der Waals surface area (Å²) in [5, 5.41) is 11.9. The molecule has 10 heteroatoms. The highest BCUT2D eigenvalue weighted by Gasteiger charge is 2.20. The molecule has 0 saturated carbocycles. The van der Waals surface area contributed by atoms with Gasteiger partial charge >= 0.3 is 5.97 Å². The van der Waals surface area contributed by atoms with Crippen LogP contribution in [0.5, 0.6) is 28.7 Å². The van der Waals surface area contributed by atoms with E-state index in [0.717, 1.165) is 0 Å². The lowest BCUT2D eigenvalue weighted by Crippen LogP contribution is -2.27. The van der Waals surface area contributed by atoms with Gasteiger partial charge in [0.05, 0.1) is 40.6 Å². The zero-order valence-corrected chi connectivity index (χ0v) is 19.6. The van der Waals surface area contributed by atoms with Crippen LogP contribution in [0.2, 0.25) is 0 Å². The Bertz CT molecular complexity index is 1080. The number of rotatable bonds is 11. The highest BCUT2D eigenvalue weighted by molar-refractivity contribution is 6.01. The number of methoxy groups -OCH3 is 5. The second-order valence-corrected chi connectivity index (χ2v) is 6.63. The van der Waals surface area contributed by atoms with Crippen molar-refractivity contribution in [2.45, 2.75) is 0 Å². The molecule has 0 fully saturated rings. The lowest BCUT2D eigenvalue weighted by atomic mass is 10.1. The van der Waals surface area contributed by atoms with Crippen LogP contribution in [-0.4, -0.2) is 60.6 Å². The first-order valence-corrected chi connectivity index (χ1v) is 10.0. The Morgan fingerprint density at radius 1 is 0.912 bits per heavy atom. The predicted octanol–water partition coefficient (Wildman–Crippen LogP) is 2.61. The lowest BCUT2D eigenvalue weighted by Gasteiger charge is -2.14. The molecule has 0 radical (unpaired) electrons. The van der Waals surface area contributed by atoms with Gasteiger partial charge < -0.3 is 33.7 Å². The van der Waals surface area contributed by atoms with Crippen LogP contribution in [0.1, 0.15) is 15.9 Å². The Morgan fingerprint density at radius 3 is 2.09 bits per heavy atom. The molecule has 1 amide bonds. The minimum absolute atomic E-state index is 0.0969. The Balaban J connectivity index is 2.29. The van der Waals surface area contributed by atoms with E-state index in [1.807, 2.05) is 6.07 Å². The maximum Gasteiger partial charge on any atom is 0.343 e. The van der Waals surface area contributed by atoms with Gasteiger partial charge in [-0.1, -0.05) is 6.07 Å². The van der Waals surface area contributed by atoms with Crippen LogP contribution in [0.15, 0.2) is 35.9 Å². The molecule has 0 unspecified atom stereocenters. The van der Waals surface area contributed by atoms with E-state index >= 15 is 0 Å². The third-order valence-corrected chi connectivity index (χ3v) is 4.56. The summed E-state index contributed by atoms with van der Waals surface area (Å²) in [6.07, 6.45) is 1.40. The summed E-state index contributed by atoms with van der Waals surface area (Å²) >= 11 is 0. The SMILES string of the molecule is COCCNC(=O)/C(C#N)=C/c1ccc(OC(=O)c2cc(OC)c(OC)c(OC)c2)c(OC)c1. The number of carbonyl (C=O) groups is 2. The maximum atomic E-state index is 12.8. The Labute approximate surface area is 197 Å². The van der Waals surface area contributed by atoms with Crippen molar-refractivity contribution in [3.05, 3.63) is 47.0 Å². The fourth-order valence-corrected chi connectivity index (χ4v) is 2.89. The van der Waals surface area contributed by atoms with Crippen molar-refractivity contribution >= 4 is 18.0 Å². The summed E-state index contributed by atoms with van der Waals surface area (Å²) in [5.74, 6) is 0.0959. The molecule has 0 aliphatic rings. The molecule has 2 aromatic rings. The largest absolute Gasteiger partial charge is 0.493 e. The van der Waals surface area contributed by atoms with Crippen LogP contribution in [0.3, 0.4) is 0 Å². The van der Waals surface area contributed by atoms with Gasteiger partial charge in [0.2, 0.25) is 5.75 Å². The van der Waals surface area contributed by atoms with Gasteiger partial charge in [-0.2, -0.15) is 5.26 Å². The summed E-state index contributed by atoms with van der Waals surface area (Å²) in [4.78, 5) is 24.9. The minimum Gasteiger partial charge on any atom is -0.493 e. The van der Waals surface area contributed by atoms with E-state index in [-0.39, 0.29) is 29.2 Å². The molecule has 34 heavy (non-hydrogen) atoms. The molecule has 180 valence electrons. The van der Waals surface area contributed by atoms with Crippen LogP contribution in [0.25, 0.3) is 6.08 Å². The smallest absolute Gasteiger partial charge is 0.343 e. The number of hydrogen-bond donors (Lipinski definition) is 1. The number of nitrogens with zero attached hydrogens (tertiary/aromatic N) is 1. The first-order valence-electron chi connectivity index (χ1n) is 10.0. The molecule has 1 N–H and O–H groups in total. The van der Waals surface area contributed by atoms with Gasteiger partial charge in [0.15, 0.2) is 23.0 Å². The summed E-state index contributed by atoms with van der Waals surface area (Å²) in [6, 6.07) is 9.42. The third-order valence-electron chi connectivity index (χ3n) is 4.56. The molecule has 0 aliphatic heterocycles. The van der Waals surface area contributed by atoms with Crippen molar-refractivity contribution in [1.82, 2.24) is 5.32 Å². The van der Waals surface area contributed by atoms with Gasteiger partial charge in [-0.05, 0) is 35.9 Å². The van der Waals surface area contributed by atoms with Gasteiger partial charge in [-0.25, -0.2) is 4.79 Å². The number of nitriles is 1. The molecule has 0 aliphatic carbocycles.